The van der Waals surface area contributed by atoms with Gasteiger partial charge >= 0.3 is 0 Å². The van der Waals surface area contributed by atoms with E-state index in [4.69, 9.17) is 5.84 Å². The molecule has 108 valence electrons. The van der Waals surface area contributed by atoms with Crippen LogP contribution in [0.1, 0.15) is 0 Å². The second-order valence-electron chi connectivity index (χ2n) is 4.20. The molecule has 11 nitrogen and oxygen atoms in total. The summed E-state index contributed by atoms with van der Waals surface area (Å²) in [6.45, 7) is -0.0493. The standard InChI is InChI=1S/C10H11N9O2/c11-17-8-14-9(18-2-1-12-5-18)16-10(15-8)19-3-6(20)13-7(21)4-19/h1-2,5H,3-4,11H2,(H,13,20,21)(H,14,15,16,17). The molecule has 0 aliphatic carbocycles. The highest BCUT2D eigenvalue weighted by atomic mass is 16.2. The van der Waals surface area contributed by atoms with Gasteiger partial charge in [-0.2, -0.15) is 15.0 Å². The first kappa shape index (κ1) is 12.9. The van der Waals surface area contributed by atoms with E-state index in [0.29, 0.717) is 0 Å². The maximum absolute atomic E-state index is 11.4. The Bertz CT molecular complexity index is 668. The molecule has 1 aliphatic heterocycles. The van der Waals surface area contributed by atoms with Crippen LogP contribution in [0.3, 0.4) is 0 Å². The fraction of sp³-hybridized carbons (Fsp3) is 0.200. The number of nitrogens with two attached hydrogens (primary N) is 1. The summed E-state index contributed by atoms with van der Waals surface area (Å²) in [5, 5.41) is 2.20. The van der Waals surface area contributed by atoms with Gasteiger partial charge in [0, 0.05) is 12.4 Å². The summed E-state index contributed by atoms with van der Waals surface area (Å²) >= 11 is 0. The highest BCUT2D eigenvalue weighted by molar-refractivity contribution is 6.02. The number of rotatable bonds is 3. The van der Waals surface area contributed by atoms with Crippen molar-refractivity contribution in [3.05, 3.63) is 18.7 Å². The number of anilines is 2. The minimum Gasteiger partial charge on any atom is -0.322 e. The Morgan fingerprint density at radius 3 is 2.48 bits per heavy atom. The fourth-order valence-electron chi connectivity index (χ4n) is 1.83. The predicted molar refractivity (Wildman–Crippen MR) is 70.1 cm³/mol. The van der Waals surface area contributed by atoms with Crippen LogP contribution in [0.4, 0.5) is 11.9 Å². The highest BCUT2D eigenvalue weighted by Gasteiger charge is 2.25. The zero-order valence-corrected chi connectivity index (χ0v) is 10.7. The van der Waals surface area contributed by atoms with Gasteiger partial charge in [-0.25, -0.2) is 10.8 Å². The minimum absolute atomic E-state index is 0.0247. The molecule has 0 aromatic carbocycles. The molecule has 0 unspecified atom stereocenters. The van der Waals surface area contributed by atoms with E-state index >= 15 is 0 Å². The fourth-order valence-corrected chi connectivity index (χ4v) is 1.83. The Hall–Kier alpha value is -3.08. The van der Waals surface area contributed by atoms with Crippen LogP contribution in [0, 0.1) is 0 Å². The van der Waals surface area contributed by atoms with E-state index in [2.05, 4.69) is 30.7 Å². The number of hydrazine groups is 1. The van der Waals surface area contributed by atoms with Crippen molar-refractivity contribution >= 4 is 23.7 Å². The van der Waals surface area contributed by atoms with E-state index in [1.54, 1.807) is 17.0 Å². The summed E-state index contributed by atoms with van der Waals surface area (Å²) in [7, 11) is 0. The first-order valence-electron chi connectivity index (χ1n) is 5.94. The molecule has 0 saturated carbocycles. The van der Waals surface area contributed by atoms with E-state index in [1.807, 2.05) is 0 Å². The normalized spacial score (nSPS) is 15.0. The molecule has 1 aliphatic rings. The second kappa shape index (κ2) is 5.13. The van der Waals surface area contributed by atoms with Crippen LogP contribution in [-0.2, 0) is 9.59 Å². The van der Waals surface area contributed by atoms with Crippen LogP contribution in [-0.4, -0.2) is 49.4 Å². The van der Waals surface area contributed by atoms with Crippen molar-refractivity contribution in [1.29, 1.82) is 0 Å². The summed E-state index contributed by atoms with van der Waals surface area (Å²) in [4.78, 5) is 40.5. The highest BCUT2D eigenvalue weighted by Crippen LogP contribution is 2.13. The van der Waals surface area contributed by atoms with E-state index in [-0.39, 0.29) is 30.9 Å². The topological polar surface area (TPSA) is 144 Å². The number of carbonyl (C=O) groups excluding carboxylic acids is 2. The molecule has 1 fully saturated rings. The zero-order chi connectivity index (χ0) is 14.8. The van der Waals surface area contributed by atoms with E-state index in [1.165, 1.54) is 11.2 Å². The first-order chi connectivity index (χ1) is 10.2. The van der Waals surface area contributed by atoms with Crippen molar-refractivity contribution in [1.82, 2.24) is 29.8 Å². The lowest BCUT2D eigenvalue weighted by Crippen LogP contribution is -2.52. The predicted octanol–water partition coefficient (Wildman–Crippen LogP) is -2.19. The quantitative estimate of drug-likeness (QED) is 0.326. The number of piperazine rings is 1. The molecule has 3 rings (SSSR count). The largest absolute Gasteiger partial charge is 0.322 e. The molecular formula is C10H11N9O2. The van der Waals surface area contributed by atoms with E-state index < -0.39 is 11.8 Å². The number of amides is 2. The number of nitrogens with zero attached hydrogens (tertiary/aromatic N) is 6. The molecule has 0 spiro atoms. The molecule has 3 heterocycles. The van der Waals surface area contributed by atoms with Crippen LogP contribution in [0.2, 0.25) is 0 Å². The van der Waals surface area contributed by atoms with Crippen LogP contribution in [0.5, 0.6) is 0 Å². The van der Waals surface area contributed by atoms with Crippen molar-refractivity contribution in [2.75, 3.05) is 23.4 Å². The summed E-state index contributed by atoms with van der Waals surface area (Å²) in [5.74, 6) is 5.05. The lowest BCUT2D eigenvalue weighted by molar-refractivity contribution is -0.130. The lowest BCUT2D eigenvalue weighted by atomic mass is 10.3. The number of imide groups is 1. The van der Waals surface area contributed by atoms with E-state index in [9.17, 15) is 9.59 Å². The maximum Gasteiger partial charge on any atom is 0.246 e. The van der Waals surface area contributed by atoms with Gasteiger partial charge in [-0.05, 0) is 0 Å². The average molecular weight is 289 g/mol. The molecule has 21 heavy (non-hydrogen) atoms. The lowest BCUT2D eigenvalue weighted by Gasteiger charge is -2.25. The van der Waals surface area contributed by atoms with Crippen molar-refractivity contribution in [3.8, 4) is 5.95 Å². The molecule has 0 radical (unpaired) electrons. The number of nitrogen functional groups attached to an aromatic ring is 1. The number of carbonyl (C=O) groups is 2. The Kier molecular flexibility index (Phi) is 3.16. The molecule has 1 saturated heterocycles. The number of hydrogen-bond acceptors (Lipinski definition) is 9. The Labute approximate surface area is 118 Å². The van der Waals surface area contributed by atoms with Gasteiger partial charge in [-0.3, -0.25) is 24.9 Å². The number of nitrogens with one attached hydrogen (secondary N) is 2. The number of imidazole rings is 1. The smallest absolute Gasteiger partial charge is 0.246 e. The molecule has 2 aromatic rings. The van der Waals surface area contributed by atoms with Crippen LogP contribution < -0.4 is 21.5 Å². The molecule has 0 atom stereocenters. The van der Waals surface area contributed by atoms with Gasteiger partial charge in [-0.1, -0.05) is 0 Å². The summed E-state index contributed by atoms with van der Waals surface area (Å²) in [6.07, 6.45) is 4.72. The SMILES string of the molecule is NNc1nc(N2CC(=O)NC(=O)C2)nc(-n2ccnc2)n1. The molecule has 2 amide bonds. The van der Waals surface area contributed by atoms with Gasteiger partial charge in [0.2, 0.25) is 29.7 Å². The van der Waals surface area contributed by atoms with Gasteiger partial charge < -0.3 is 4.90 Å². The number of aromatic nitrogens is 5. The van der Waals surface area contributed by atoms with Crippen LogP contribution >= 0.6 is 0 Å². The summed E-state index contributed by atoms with van der Waals surface area (Å²) in [6, 6.07) is 0. The van der Waals surface area contributed by atoms with Gasteiger partial charge in [-0.15, -0.1) is 0 Å². The van der Waals surface area contributed by atoms with E-state index in [0.717, 1.165) is 0 Å². The zero-order valence-electron chi connectivity index (χ0n) is 10.7. The summed E-state index contributed by atoms with van der Waals surface area (Å²) in [5.41, 5.74) is 2.32. The van der Waals surface area contributed by atoms with Crippen LogP contribution in [0.25, 0.3) is 5.95 Å². The Morgan fingerprint density at radius 1 is 1.14 bits per heavy atom. The van der Waals surface area contributed by atoms with Gasteiger partial charge in [0.15, 0.2) is 0 Å². The van der Waals surface area contributed by atoms with Crippen molar-refractivity contribution in [3.63, 3.8) is 0 Å². The van der Waals surface area contributed by atoms with Gasteiger partial charge in [0.25, 0.3) is 0 Å². The Morgan fingerprint density at radius 2 is 1.86 bits per heavy atom. The second-order valence-corrected chi connectivity index (χ2v) is 4.20. The van der Waals surface area contributed by atoms with Gasteiger partial charge in [0.1, 0.15) is 19.4 Å². The molecule has 2 aromatic heterocycles. The first-order valence-corrected chi connectivity index (χ1v) is 5.94. The van der Waals surface area contributed by atoms with Crippen molar-refractivity contribution < 1.29 is 9.59 Å². The molecule has 11 heteroatoms. The third-order valence-electron chi connectivity index (χ3n) is 2.71. The molecule has 4 N–H and O–H groups in total. The molecular weight excluding hydrogens is 278 g/mol. The Balaban J connectivity index is 2.00. The maximum atomic E-state index is 11.4. The monoisotopic (exact) mass is 289 g/mol. The van der Waals surface area contributed by atoms with Crippen molar-refractivity contribution in [2.45, 2.75) is 0 Å². The third-order valence-corrected chi connectivity index (χ3v) is 2.71. The number of hydrogen-bond donors (Lipinski definition) is 3. The minimum atomic E-state index is -0.418. The average Bonchev–Trinajstić information content (AvgIpc) is 3.00. The third kappa shape index (κ3) is 2.62. The van der Waals surface area contributed by atoms with Crippen LogP contribution in [0.15, 0.2) is 18.7 Å². The molecule has 0 bridgehead atoms. The van der Waals surface area contributed by atoms with Gasteiger partial charge in [0.05, 0.1) is 0 Å². The van der Waals surface area contributed by atoms with Crippen molar-refractivity contribution in [2.24, 2.45) is 5.84 Å². The summed E-state index contributed by atoms with van der Waals surface area (Å²) < 4.78 is 1.55.